The van der Waals surface area contributed by atoms with Gasteiger partial charge in [-0.05, 0) is 37.5 Å². The molecule has 1 saturated carbocycles. The van der Waals surface area contributed by atoms with Crippen molar-refractivity contribution in [3.63, 3.8) is 0 Å². The van der Waals surface area contributed by atoms with Crippen molar-refractivity contribution in [2.24, 2.45) is 5.92 Å². The lowest BCUT2D eigenvalue weighted by molar-refractivity contribution is -0.123. The lowest BCUT2D eigenvalue weighted by atomic mass is 10.2. The fourth-order valence-electron chi connectivity index (χ4n) is 2.37. The average Bonchev–Trinajstić information content (AvgIpc) is 3.26. The number of hydrogen-bond donors (Lipinski definition) is 2. The summed E-state index contributed by atoms with van der Waals surface area (Å²) in [6.07, 6.45) is 3.16. The van der Waals surface area contributed by atoms with E-state index >= 15 is 0 Å². The van der Waals surface area contributed by atoms with Gasteiger partial charge in [-0.25, -0.2) is 0 Å². The van der Waals surface area contributed by atoms with Gasteiger partial charge in [-0.3, -0.25) is 25.2 Å². The van der Waals surface area contributed by atoms with E-state index in [4.69, 9.17) is 0 Å². The van der Waals surface area contributed by atoms with Crippen LogP contribution in [0.5, 0.6) is 0 Å². The lowest BCUT2D eigenvalue weighted by Crippen LogP contribution is -2.42. The first-order valence-electron chi connectivity index (χ1n) is 7.16. The van der Waals surface area contributed by atoms with Gasteiger partial charge in [0.05, 0.1) is 0 Å². The highest BCUT2D eigenvalue weighted by atomic mass is 16.2. The minimum Gasteiger partial charge on any atom is -0.312 e. The molecule has 1 aromatic carbocycles. The molecule has 1 aliphatic heterocycles. The number of hydrogen-bond acceptors (Lipinski definition) is 3. The molecular weight excluding hydrogens is 270 g/mol. The second kappa shape index (κ2) is 5.55. The quantitative estimate of drug-likeness (QED) is 0.814. The number of anilines is 1. The van der Waals surface area contributed by atoms with Gasteiger partial charge in [-0.2, -0.15) is 0 Å². The van der Waals surface area contributed by atoms with Crippen molar-refractivity contribution in [1.29, 1.82) is 0 Å². The first-order chi connectivity index (χ1) is 10.1. The van der Waals surface area contributed by atoms with Gasteiger partial charge in [0.2, 0.25) is 11.8 Å². The maximum absolute atomic E-state index is 12.0. The van der Waals surface area contributed by atoms with E-state index in [1.807, 2.05) is 6.07 Å². The first-order valence-corrected chi connectivity index (χ1v) is 7.16. The van der Waals surface area contributed by atoms with E-state index in [0.29, 0.717) is 18.5 Å². The Balaban J connectivity index is 1.65. The van der Waals surface area contributed by atoms with Crippen molar-refractivity contribution < 1.29 is 14.4 Å². The number of carbonyl (C=O) groups excluding carboxylic acids is 3. The van der Waals surface area contributed by atoms with Crippen LogP contribution >= 0.6 is 0 Å². The molecule has 0 aromatic heterocycles. The minimum atomic E-state index is -0.377. The summed E-state index contributed by atoms with van der Waals surface area (Å²) in [5.41, 5.74) is 5.97. The first kappa shape index (κ1) is 13.6. The molecule has 6 nitrogen and oxygen atoms in total. The third-order valence-electron chi connectivity index (χ3n) is 3.74. The SMILES string of the molecule is O=C(NNC(=O)C1CC1)c1cccc(N2CCCC2=O)c1. The van der Waals surface area contributed by atoms with E-state index in [1.54, 1.807) is 23.1 Å². The van der Waals surface area contributed by atoms with Crippen molar-refractivity contribution in [2.75, 3.05) is 11.4 Å². The highest BCUT2D eigenvalue weighted by Gasteiger charge is 2.29. The number of benzene rings is 1. The molecule has 0 atom stereocenters. The second-order valence-electron chi connectivity index (χ2n) is 5.42. The molecule has 0 bridgehead atoms. The van der Waals surface area contributed by atoms with Crippen molar-refractivity contribution in [1.82, 2.24) is 10.9 Å². The molecule has 2 N–H and O–H groups in total. The molecule has 0 radical (unpaired) electrons. The second-order valence-corrected chi connectivity index (χ2v) is 5.42. The monoisotopic (exact) mass is 287 g/mol. The summed E-state index contributed by atoms with van der Waals surface area (Å²) in [7, 11) is 0. The van der Waals surface area contributed by atoms with Crippen LogP contribution < -0.4 is 15.8 Å². The zero-order valence-electron chi connectivity index (χ0n) is 11.6. The average molecular weight is 287 g/mol. The Hall–Kier alpha value is -2.37. The largest absolute Gasteiger partial charge is 0.312 e. The number of carbonyl (C=O) groups is 3. The summed E-state index contributed by atoms with van der Waals surface area (Å²) in [6, 6.07) is 6.87. The van der Waals surface area contributed by atoms with E-state index < -0.39 is 0 Å². The standard InChI is InChI=1S/C15H17N3O3/c19-13-5-2-8-18(13)12-4-1-3-11(9-12)15(21)17-16-14(20)10-6-7-10/h1,3-4,9-10H,2,5-8H2,(H,16,20)(H,17,21). The third-order valence-corrected chi connectivity index (χ3v) is 3.74. The van der Waals surface area contributed by atoms with Crippen molar-refractivity contribution in [3.05, 3.63) is 29.8 Å². The molecule has 2 aliphatic rings. The fraction of sp³-hybridized carbons (Fsp3) is 0.400. The normalized spacial score (nSPS) is 17.7. The van der Waals surface area contributed by atoms with Crippen LogP contribution in [0.1, 0.15) is 36.0 Å². The smallest absolute Gasteiger partial charge is 0.269 e. The van der Waals surface area contributed by atoms with Crippen molar-refractivity contribution >= 4 is 23.4 Å². The maximum Gasteiger partial charge on any atom is 0.269 e. The number of nitrogens with zero attached hydrogens (tertiary/aromatic N) is 1. The summed E-state index contributed by atoms with van der Waals surface area (Å²) in [6.45, 7) is 0.683. The molecule has 110 valence electrons. The zero-order chi connectivity index (χ0) is 14.8. The number of hydrazine groups is 1. The summed E-state index contributed by atoms with van der Waals surface area (Å²) in [4.78, 5) is 36.9. The Labute approximate surface area is 122 Å². The number of rotatable bonds is 3. The topological polar surface area (TPSA) is 78.5 Å². The Kier molecular flexibility index (Phi) is 3.60. The van der Waals surface area contributed by atoms with Crippen LogP contribution in [-0.2, 0) is 9.59 Å². The van der Waals surface area contributed by atoms with Gasteiger partial charge in [0.1, 0.15) is 0 Å². The van der Waals surface area contributed by atoms with Crippen LogP contribution in [0, 0.1) is 5.92 Å². The summed E-state index contributed by atoms with van der Waals surface area (Å²) < 4.78 is 0. The summed E-state index contributed by atoms with van der Waals surface area (Å²) in [5, 5.41) is 0. The predicted molar refractivity (Wildman–Crippen MR) is 76.4 cm³/mol. The predicted octanol–water partition coefficient (Wildman–Crippen LogP) is 0.984. The zero-order valence-corrected chi connectivity index (χ0v) is 11.6. The molecular formula is C15H17N3O3. The molecule has 1 heterocycles. The van der Waals surface area contributed by atoms with Crippen LogP contribution in [0.3, 0.4) is 0 Å². The highest BCUT2D eigenvalue weighted by Crippen LogP contribution is 2.28. The molecule has 2 fully saturated rings. The molecule has 3 amide bonds. The van der Waals surface area contributed by atoms with Crippen molar-refractivity contribution in [2.45, 2.75) is 25.7 Å². The van der Waals surface area contributed by atoms with E-state index in [-0.39, 0.29) is 23.6 Å². The fourth-order valence-corrected chi connectivity index (χ4v) is 2.37. The number of amides is 3. The Morgan fingerprint density at radius 1 is 1.19 bits per heavy atom. The lowest BCUT2D eigenvalue weighted by Gasteiger charge is -2.16. The van der Waals surface area contributed by atoms with E-state index in [9.17, 15) is 14.4 Å². The third kappa shape index (κ3) is 3.04. The molecule has 21 heavy (non-hydrogen) atoms. The Bertz CT molecular complexity index is 596. The maximum atomic E-state index is 12.0. The molecule has 0 unspecified atom stereocenters. The van der Waals surface area contributed by atoms with Crippen LogP contribution in [0.4, 0.5) is 5.69 Å². The highest BCUT2D eigenvalue weighted by molar-refractivity contribution is 5.99. The van der Waals surface area contributed by atoms with Gasteiger partial charge in [0.25, 0.3) is 5.91 Å². The van der Waals surface area contributed by atoms with Crippen LogP contribution in [0.2, 0.25) is 0 Å². The summed E-state index contributed by atoms with van der Waals surface area (Å²) in [5.74, 6) is -0.403. The van der Waals surface area contributed by atoms with Crippen LogP contribution in [-0.4, -0.2) is 24.3 Å². The molecule has 0 spiro atoms. The van der Waals surface area contributed by atoms with E-state index in [2.05, 4.69) is 10.9 Å². The number of nitrogens with one attached hydrogen (secondary N) is 2. The van der Waals surface area contributed by atoms with Gasteiger partial charge in [0, 0.05) is 30.1 Å². The van der Waals surface area contributed by atoms with Crippen LogP contribution in [0.15, 0.2) is 24.3 Å². The minimum absolute atomic E-state index is 0.0406. The summed E-state index contributed by atoms with van der Waals surface area (Å²) >= 11 is 0. The molecule has 6 heteroatoms. The van der Waals surface area contributed by atoms with Crippen molar-refractivity contribution in [3.8, 4) is 0 Å². The van der Waals surface area contributed by atoms with E-state index in [1.165, 1.54) is 0 Å². The van der Waals surface area contributed by atoms with Gasteiger partial charge in [0.15, 0.2) is 0 Å². The van der Waals surface area contributed by atoms with Gasteiger partial charge in [-0.1, -0.05) is 6.07 Å². The van der Waals surface area contributed by atoms with Crippen LogP contribution in [0.25, 0.3) is 0 Å². The molecule has 1 aliphatic carbocycles. The van der Waals surface area contributed by atoms with Gasteiger partial charge < -0.3 is 4.90 Å². The van der Waals surface area contributed by atoms with Gasteiger partial charge in [-0.15, -0.1) is 0 Å². The Morgan fingerprint density at radius 2 is 2.00 bits per heavy atom. The van der Waals surface area contributed by atoms with E-state index in [0.717, 1.165) is 24.9 Å². The molecule has 3 rings (SSSR count). The molecule has 1 saturated heterocycles. The molecule has 1 aromatic rings. The Morgan fingerprint density at radius 3 is 2.67 bits per heavy atom. The van der Waals surface area contributed by atoms with Gasteiger partial charge >= 0.3 is 0 Å².